The van der Waals surface area contributed by atoms with Crippen LogP contribution in [0.4, 0.5) is 0 Å². The molecule has 27 heavy (non-hydrogen) atoms. The number of rotatable bonds is 6. The summed E-state index contributed by atoms with van der Waals surface area (Å²) in [4.78, 5) is 17.0. The van der Waals surface area contributed by atoms with Crippen molar-refractivity contribution in [3.05, 3.63) is 64.2 Å². The van der Waals surface area contributed by atoms with E-state index in [0.29, 0.717) is 40.0 Å². The van der Waals surface area contributed by atoms with E-state index >= 15 is 0 Å². The van der Waals surface area contributed by atoms with Gasteiger partial charge in [0.25, 0.3) is 0 Å². The summed E-state index contributed by atoms with van der Waals surface area (Å²) in [6, 6.07) is 12.7. The first kappa shape index (κ1) is 18.6. The molecular formula is C21H16ClNO4. The molecule has 0 atom stereocenters. The van der Waals surface area contributed by atoms with Crippen molar-refractivity contribution in [2.45, 2.75) is 6.92 Å². The van der Waals surface area contributed by atoms with Gasteiger partial charge in [-0.2, -0.15) is 0 Å². The first-order chi connectivity index (χ1) is 13.1. The summed E-state index contributed by atoms with van der Waals surface area (Å²) >= 11 is 6.33. The van der Waals surface area contributed by atoms with E-state index in [0.717, 1.165) is 5.56 Å². The van der Waals surface area contributed by atoms with Crippen LogP contribution in [0.3, 0.4) is 0 Å². The van der Waals surface area contributed by atoms with Crippen molar-refractivity contribution in [2.75, 3.05) is 13.2 Å². The lowest BCUT2D eigenvalue weighted by Crippen LogP contribution is -2.07. The van der Waals surface area contributed by atoms with Gasteiger partial charge in [-0.1, -0.05) is 53.0 Å². The van der Waals surface area contributed by atoms with E-state index in [2.05, 4.69) is 11.1 Å². The van der Waals surface area contributed by atoms with E-state index in [4.69, 9.17) is 32.3 Å². The third-order valence-corrected chi connectivity index (χ3v) is 3.97. The zero-order chi connectivity index (χ0) is 19.2. The number of oxime groups is 1. The first-order valence-corrected chi connectivity index (χ1v) is 8.61. The molecule has 1 aliphatic rings. The highest BCUT2D eigenvalue weighted by Crippen LogP contribution is 2.37. The standard InChI is InChI=1S/C21H16ClNO4/c1-3-10-26-20-17(22)12-14(13-18(20)25-4-2)11-16-19(23-27-21(16)24)15-8-6-5-7-9-15/h1,5-9,11-13H,4,10H2,2H3/b16-11-. The summed E-state index contributed by atoms with van der Waals surface area (Å²) in [5, 5.41) is 4.22. The molecule has 1 aliphatic heterocycles. The van der Waals surface area contributed by atoms with Crippen LogP contribution >= 0.6 is 11.6 Å². The van der Waals surface area contributed by atoms with Crippen molar-refractivity contribution in [3.63, 3.8) is 0 Å². The number of benzene rings is 2. The van der Waals surface area contributed by atoms with Crippen LogP contribution in [0.5, 0.6) is 11.5 Å². The van der Waals surface area contributed by atoms with Gasteiger partial charge in [-0.05, 0) is 30.7 Å². The summed E-state index contributed by atoms with van der Waals surface area (Å²) in [5.74, 6) is 2.67. The van der Waals surface area contributed by atoms with Gasteiger partial charge in [-0.3, -0.25) is 0 Å². The van der Waals surface area contributed by atoms with E-state index in [1.807, 2.05) is 37.3 Å². The average molecular weight is 382 g/mol. The molecule has 0 amide bonds. The highest BCUT2D eigenvalue weighted by molar-refractivity contribution is 6.33. The Bertz CT molecular complexity index is 958. The highest BCUT2D eigenvalue weighted by Gasteiger charge is 2.27. The Labute approximate surface area is 162 Å². The van der Waals surface area contributed by atoms with Crippen LogP contribution in [0.1, 0.15) is 18.1 Å². The fourth-order valence-corrected chi connectivity index (χ4v) is 2.84. The maximum Gasteiger partial charge on any atom is 0.368 e. The molecule has 5 nitrogen and oxygen atoms in total. The summed E-state index contributed by atoms with van der Waals surface area (Å²) in [5.41, 5.74) is 2.22. The smallest absolute Gasteiger partial charge is 0.368 e. The van der Waals surface area contributed by atoms with Gasteiger partial charge >= 0.3 is 5.97 Å². The Kier molecular flexibility index (Phi) is 5.80. The Balaban J connectivity index is 2.01. The lowest BCUT2D eigenvalue weighted by Gasteiger charge is -2.13. The predicted molar refractivity (Wildman–Crippen MR) is 104 cm³/mol. The molecule has 3 rings (SSSR count). The third kappa shape index (κ3) is 4.13. The predicted octanol–water partition coefficient (Wildman–Crippen LogP) is 4.10. The largest absolute Gasteiger partial charge is 0.490 e. The molecular weight excluding hydrogens is 366 g/mol. The molecule has 6 heteroatoms. The van der Waals surface area contributed by atoms with Crippen LogP contribution in [0, 0.1) is 12.3 Å². The SMILES string of the molecule is C#CCOc1c(Cl)cc(/C=C2\C(=O)ON=C2c2ccccc2)cc1OCC. The molecule has 0 saturated carbocycles. The molecule has 0 radical (unpaired) electrons. The monoisotopic (exact) mass is 381 g/mol. The number of nitrogens with zero attached hydrogens (tertiary/aromatic N) is 1. The minimum Gasteiger partial charge on any atom is -0.490 e. The molecule has 0 bridgehead atoms. The van der Waals surface area contributed by atoms with Crippen molar-refractivity contribution < 1.29 is 19.1 Å². The van der Waals surface area contributed by atoms with Crippen LogP contribution in [-0.2, 0) is 9.63 Å². The van der Waals surface area contributed by atoms with Gasteiger partial charge < -0.3 is 14.3 Å². The average Bonchev–Trinajstić information content (AvgIpc) is 3.03. The third-order valence-electron chi connectivity index (χ3n) is 3.68. The van der Waals surface area contributed by atoms with Gasteiger partial charge in [0.05, 0.1) is 17.2 Å². The van der Waals surface area contributed by atoms with E-state index in [9.17, 15) is 4.79 Å². The molecule has 0 aliphatic carbocycles. The van der Waals surface area contributed by atoms with Crippen LogP contribution in [0.2, 0.25) is 5.02 Å². The topological polar surface area (TPSA) is 57.1 Å². The molecule has 1 heterocycles. The van der Waals surface area contributed by atoms with Crippen molar-refractivity contribution in [3.8, 4) is 23.8 Å². The summed E-state index contributed by atoms with van der Waals surface area (Å²) in [6.45, 7) is 2.33. The molecule has 0 fully saturated rings. The van der Waals surface area contributed by atoms with Gasteiger partial charge in [0.2, 0.25) is 0 Å². The second kappa shape index (κ2) is 8.43. The van der Waals surface area contributed by atoms with Crippen molar-refractivity contribution in [1.29, 1.82) is 0 Å². The van der Waals surface area contributed by atoms with Crippen molar-refractivity contribution in [1.82, 2.24) is 0 Å². The minimum absolute atomic E-state index is 0.0668. The summed E-state index contributed by atoms with van der Waals surface area (Å²) < 4.78 is 11.1. The lowest BCUT2D eigenvalue weighted by atomic mass is 10.0. The Hall–Kier alpha value is -3.23. The van der Waals surface area contributed by atoms with Gasteiger partial charge in [0.15, 0.2) is 11.5 Å². The van der Waals surface area contributed by atoms with Crippen molar-refractivity contribution >= 4 is 29.4 Å². The summed E-state index contributed by atoms with van der Waals surface area (Å²) in [6.07, 6.45) is 6.90. The zero-order valence-electron chi connectivity index (χ0n) is 14.6. The Morgan fingerprint density at radius 2 is 2.04 bits per heavy atom. The normalized spacial score (nSPS) is 14.5. The highest BCUT2D eigenvalue weighted by atomic mass is 35.5. The van der Waals surface area contributed by atoms with Crippen LogP contribution < -0.4 is 9.47 Å². The molecule has 0 spiro atoms. The minimum atomic E-state index is -0.532. The maximum absolute atomic E-state index is 12.2. The number of terminal acetylenes is 1. The second-order valence-corrected chi connectivity index (χ2v) is 5.91. The van der Waals surface area contributed by atoms with E-state index in [-0.39, 0.29) is 6.61 Å². The number of carbonyl (C=O) groups is 1. The summed E-state index contributed by atoms with van der Waals surface area (Å²) in [7, 11) is 0. The van der Waals surface area contributed by atoms with E-state index < -0.39 is 5.97 Å². The molecule has 2 aromatic rings. The lowest BCUT2D eigenvalue weighted by molar-refractivity contribution is -0.136. The van der Waals surface area contributed by atoms with Gasteiger partial charge in [-0.25, -0.2) is 4.79 Å². The fourth-order valence-electron chi connectivity index (χ4n) is 2.57. The Morgan fingerprint density at radius 3 is 2.74 bits per heavy atom. The first-order valence-electron chi connectivity index (χ1n) is 8.23. The van der Waals surface area contributed by atoms with Crippen LogP contribution in [-0.4, -0.2) is 24.9 Å². The van der Waals surface area contributed by atoms with Gasteiger partial charge in [-0.15, -0.1) is 6.42 Å². The molecule has 0 unspecified atom stereocenters. The van der Waals surface area contributed by atoms with Crippen LogP contribution in [0.25, 0.3) is 6.08 Å². The van der Waals surface area contributed by atoms with E-state index in [1.165, 1.54) is 0 Å². The molecule has 136 valence electrons. The number of hydrogen-bond donors (Lipinski definition) is 0. The molecule has 0 saturated heterocycles. The molecule has 2 aromatic carbocycles. The molecule has 0 N–H and O–H groups in total. The fraction of sp³-hybridized carbons (Fsp3) is 0.143. The second-order valence-electron chi connectivity index (χ2n) is 5.50. The zero-order valence-corrected chi connectivity index (χ0v) is 15.3. The Morgan fingerprint density at radius 1 is 1.26 bits per heavy atom. The van der Waals surface area contributed by atoms with Gasteiger partial charge in [0, 0.05) is 5.56 Å². The number of hydrogen-bond acceptors (Lipinski definition) is 5. The number of ether oxygens (including phenoxy) is 2. The maximum atomic E-state index is 12.2. The quantitative estimate of drug-likeness (QED) is 0.429. The van der Waals surface area contributed by atoms with Crippen molar-refractivity contribution in [2.24, 2.45) is 5.16 Å². The van der Waals surface area contributed by atoms with Gasteiger partial charge in [0.1, 0.15) is 12.3 Å². The van der Waals surface area contributed by atoms with Crippen LogP contribution in [0.15, 0.2) is 53.2 Å². The van der Waals surface area contributed by atoms with E-state index in [1.54, 1.807) is 18.2 Å². The molecule has 0 aromatic heterocycles. The number of halogens is 1. The number of carbonyl (C=O) groups excluding carboxylic acids is 1.